The third-order valence-electron chi connectivity index (χ3n) is 5.95. The minimum atomic E-state index is -0.866. The predicted octanol–water partition coefficient (Wildman–Crippen LogP) is 5.36. The van der Waals surface area contributed by atoms with E-state index in [1.54, 1.807) is 46.6 Å². The molecule has 0 bridgehead atoms. The molecule has 0 spiro atoms. The van der Waals surface area contributed by atoms with Crippen molar-refractivity contribution < 1.29 is 38.0 Å². The lowest BCUT2D eigenvalue weighted by Crippen LogP contribution is -2.62. The van der Waals surface area contributed by atoms with Crippen LogP contribution >= 0.6 is 0 Å². The van der Waals surface area contributed by atoms with E-state index < -0.39 is 30.7 Å². The highest BCUT2D eigenvalue weighted by Crippen LogP contribution is 2.34. The van der Waals surface area contributed by atoms with Gasteiger partial charge >= 0.3 is 0 Å². The summed E-state index contributed by atoms with van der Waals surface area (Å²) in [5.41, 5.74) is 1.45. The number of hydrogen-bond donors (Lipinski definition) is 0. The van der Waals surface area contributed by atoms with E-state index in [1.165, 1.54) is 7.11 Å². The Kier molecular flexibility index (Phi) is 16.5. The number of methoxy groups -OCH3 is 5. The van der Waals surface area contributed by atoms with Crippen molar-refractivity contribution in [1.29, 1.82) is 0 Å². The third kappa shape index (κ3) is 8.78. The molecule has 38 heavy (non-hydrogen) atoms. The number of carbonyl (C=O) groups excluding carboxylic acids is 1. The Labute approximate surface area is 228 Å². The van der Waals surface area contributed by atoms with E-state index in [-0.39, 0.29) is 12.4 Å². The minimum absolute atomic E-state index is 0.0902. The van der Waals surface area contributed by atoms with E-state index >= 15 is 0 Å². The molecule has 0 radical (unpaired) electrons. The molecule has 2 aromatic carbocycles. The van der Waals surface area contributed by atoms with Gasteiger partial charge in [0, 0.05) is 34.9 Å². The van der Waals surface area contributed by atoms with Crippen molar-refractivity contribution in [1.82, 2.24) is 0 Å². The Bertz CT molecular complexity index is 904. The average molecular weight is 535 g/mol. The van der Waals surface area contributed by atoms with Crippen LogP contribution in [0.3, 0.4) is 0 Å². The monoisotopic (exact) mass is 534 g/mol. The number of rotatable bonds is 12. The van der Waals surface area contributed by atoms with Crippen LogP contribution in [0.2, 0.25) is 0 Å². The summed E-state index contributed by atoms with van der Waals surface area (Å²) < 4.78 is 40.3. The molecule has 2 aromatic rings. The zero-order chi connectivity index (χ0) is 28.5. The smallest absolute Gasteiger partial charge is 0.229 e. The van der Waals surface area contributed by atoms with E-state index in [9.17, 15) is 4.79 Å². The van der Waals surface area contributed by atoms with E-state index in [4.69, 9.17) is 33.2 Å². The second-order valence-corrected chi connectivity index (χ2v) is 7.96. The molecule has 0 N–H and O–H groups in total. The summed E-state index contributed by atoms with van der Waals surface area (Å²) in [6.07, 6.45) is -1.92. The fourth-order valence-electron chi connectivity index (χ4n) is 4.28. The van der Waals surface area contributed by atoms with Crippen LogP contribution in [0.1, 0.15) is 50.0 Å². The molecule has 1 aliphatic rings. The van der Waals surface area contributed by atoms with Gasteiger partial charge in [0.2, 0.25) is 6.29 Å². The minimum Gasteiger partial charge on any atom is -0.496 e. The Morgan fingerprint density at radius 1 is 0.763 bits per heavy atom. The van der Waals surface area contributed by atoms with Crippen molar-refractivity contribution in [2.75, 3.05) is 42.2 Å². The van der Waals surface area contributed by atoms with Gasteiger partial charge < -0.3 is 33.2 Å². The first-order valence-corrected chi connectivity index (χ1v) is 13.2. The third-order valence-corrected chi connectivity index (χ3v) is 5.95. The molecule has 0 aromatic heterocycles. The summed E-state index contributed by atoms with van der Waals surface area (Å²) in [4.78, 5) is 13.3. The summed E-state index contributed by atoms with van der Waals surface area (Å²) >= 11 is 0. The highest BCUT2D eigenvalue weighted by molar-refractivity contribution is 6.01. The number of Topliss-reactive ketones (excluding diaryl/α,β-unsaturated/α-hetero) is 1. The maximum atomic E-state index is 13.3. The van der Waals surface area contributed by atoms with E-state index in [2.05, 4.69) is 0 Å². The normalized spacial score (nSPS) is 22.3. The molecular weight excluding hydrogens is 488 g/mol. The Hall–Kier alpha value is -2.49. The van der Waals surface area contributed by atoms with E-state index in [0.29, 0.717) is 29.9 Å². The summed E-state index contributed by atoms with van der Waals surface area (Å²) in [6.45, 7) is 8.27. The van der Waals surface area contributed by atoms with Gasteiger partial charge in [0.1, 0.15) is 41.5 Å². The van der Waals surface area contributed by atoms with Gasteiger partial charge in [-0.25, -0.2) is 0 Å². The number of carbonyl (C=O) groups is 1. The first-order chi connectivity index (χ1) is 18.6. The molecule has 214 valence electrons. The molecule has 1 saturated heterocycles. The predicted molar refractivity (Wildman–Crippen MR) is 148 cm³/mol. The van der Waals surface area contributed by atoms with Gasteiger partial charge in [0.15, 0.2) is 5.78 Å². The van der Waals surface area contributed by atoms with Crippen molar-refractivity contribution in [2.45, 2.75) is 71.2 Å². The highest BCUT2D eigenvalue weighted by atomic mass is 16.7. The van der Waals surface area contributed by atoms with Crippen molar-refractivity contribution in [2.24, 2.45) is 0 Å². The Morgan fingerprint density at radius 3 is 1.92 bits per heavy atom. The maximum absolute atomic E-state index is 13.3. The lowest BCUT2D eigenvalue weighted by molar-refractivity contribution is -0.292. The molecule has 3 rings (SSSR count). The van der Waals surface area contributed by atoms with E-state index in [0.717, 1.165) is 5.56 Å². The number of ketones is 1. The van der Waals surface area contributed by atoms with E-state index in [1.807, 2.05) is 58.0 Å². The highest BCUT2D eigenvalue weighted by Gasteiger charge is 2.48. The van der Waals surface area contributed by atoms with Crippen LogP contribution in [0.25, 0.3) is 0 Å². The molecule has 1 fully saturated rings. The van der Waals surface area contributed by atoms with Crippen LogP contribution in [-0.2, 0) is 30.1 Å². The molecule has 1 aliphatic heterocycles. The molecule has 8 heteroatoms. The van der Waals surface area contributed by atoms with Crippen LogP contribution in [0.5, 0.6) is 11.5 Å². The number of hydrogen-bond acceptors (Lipinski definition) is 8. The van der Waals surface area contributed by atoms with Gasteiger partial charge in [0.05, 0.1) is 13.7 Å². The maximum Gasteiger partial charge on any atom is 0.229 e. The molecule has 1 heterocycles. The zero-order valence-electron chi connectivity index (χ0n) is 24.4. The quantitative estimate of drug-likeness (QED) is 0.337. The lowest BCUT2D eigenvalue weighted by atomic mass is 9.98. The molecule has 0 aliphatic carbocycles. The number of benzene rings is 2. The summed E-state index contributed by atoms with van der Waals surface area (Å²) in [6, 6.07) is 15.1. The van der Waals surface area contributed by atoms with Crippen LogP contribution in [0.15, 0.2) is 48.5 Å². The molecule has 4 unspecified atom stereocenters. The fourth-order valence-corrected chi connectivity index (χ4v) is 4.28. The summed E-state index contributed by atoms with van der Waals surface area (Å²) in [7, 11) is 7.83. The van der Waals surface area contributed by atoms with Crippen molar-refractivity contribution in [3.8, 4) is 11.5 Å². The molecule has 0 amide bonds. The second-order valence-electron chi connectivity index (χ2n) is 7.96. The largest absolute Gasteiger partial charge is 0.496 e. The van der Waals surface area contributed by atoms with Crippen LogP contribution in [-0.4, -0.2) is 78.6 Å². The first kappa shape index (κ1) is 33.5. The first-order valence-electron chi connectivity index (χ1n) is 13.2. The fraction of sp³-hybridized carbons (Fsp3) is 0.567. The lowest BCUT2D eigenvalue weighted by Gasteiger charge is -2.44. The molecule has 5 atom stereocenters. The van der Waals surface area contributed by atoms with Crippen molar-refractivity contribution in [3.05, 3.63) is 59.7 Å². The van der Waals surface area contributed by atoms with Crippen LogP contribution in [0.4, 0.5) is 0 Å². The Morgan fingerprint density at radius 2 is 1.37 bits per heavy atom. The molecule has 8 nitrogen and oxygen atoms in total. The van der Waals surface area contributed by atoms with Gasteiger partial charge in [-0.15, -0.1) is 0 Å². The van der Waals surface area contributed by atoms with Crippen molar-refractivity contribution >= 4 is 5.78 Å². The standard InChI is InChI=1S/C26H34O8.2C2H6/c1-28-16-21-23(30-3)24(31-4)25(32-5)26(34-21)33-20-13-9-12-19(29-2)22(20)18(27)15-14-17-10-7-6-8-11-17;2*1-2/h6-13,21,23-26H,14-16H2,1-5H3;2*1-2H3/t21-,23?,24?,25?,26?;;/m1../s1. The number of ether oxygens (including phenoxy) is 7. The zero-order valence-corrected chi connectivity index (χ0v) is 24.4. The Balaban J connectivity index is 0.00000172. The average Bonchev–Trinajstić information content (AvgIpc) is 2.98. The van der Waals surface area contributed by atoms with Crippen molar-refractivity contribution in [3.63, 3.8) is 0 Å². The molecule has 0 saturated carbocycles. The SMILES string of the molecule is CC.CC.COC[C@H]1OC(Oc2cccc(OC)c2C(=O)CCc2ccccc2)C(OC)C(OC)C1OC. The molecular formula is C30H46O8. The van der Waals surface area contributed by atoms with Gasteiger partial charge in [-0.1, -0.05) is 64.1 Å². The van der Waals surface area contributed by atoms with Gasteiger partial charge in [0.25, 0.3) is 0 Å². The number of aryl methyl sites for hydroxylation is 1. The topological polar surface area (TPSA) is 81.7 Å². The van der Waals surface area contributed by atoms with Crippen LogP contribution < -0.4 is 9.47 Å². The second kappa shape index (κ2) is 18.7. The van der Waals surface area contributed by atoms with Crippen LogP contribution in [0, 0.1) is 0 Å². The van der Waals surface area contributed by atoms with Gasteiger partial charge in [-0.05, 0) is 24.1 Å². The summed E-state index contributed by atoms with van der Waals surface area (Å²) in [5, 5.41) is 0. The van der Waals surface area contributed by atoms with Gasteiger partial charge in [-0.2, -0.15) is 0 Å². The van der Waals surface area contributed by atoms with Gasteiger partial charge in [-0.3, -0.25) is 4.79 Å². The summed E-state index contributed by atoms with van der Waals surface area (Å²) in [5.74, 6) is 0.700.